The third-order valence-electron chi connectivity index (χ3n) is 4.25. The molecule has 5 heteroatoms. The average Bonchev–Trinajstić information content (AvgIpc) is 2.55. The Morgan fingerprint density at radius 3 is 2.65 bits per heavy atom. The second kappa shape index (κ2) is 6.69. The highest BCUT2D eigenvalue weighted by Gasteiger charge is 2.23. The summed E-state index contributed by atoms with van der Waals surface area (Å²) in [6, 6.07) is 13.1. The van der Waals surface area contributed by atoms with Crippen LogP contribution in [0.4, 0.5) is 0 Å². The maximum absolute atomic E-state index is 12.5. The van der Waals surface area contributed by atoms with Gasteiger partial charge in [0, 0.05) is 6.61 Å². The lowest BCUT2D eigenvalue weighted by Crippen LogP contribution is -2.25. The third-order valence-corrected chi connectivity index (χ3v) is 5.98. The number of hydrogen-bond donors (Lipinski definition) is 0. The van der Waals surface area contributed by atoms with Crippen molar-refractivity contribution in [2.24, 2.45) is 5.92 Å². The summed E-state index contributed by atoms with van der Waals surface area (Å²) in [6.45, 7) is 1.27. The molecule has 1 fully saturated rings. The number of nitriles is 1. The van der Waals surface area contributed by atoms with Crippen LogP contribution in [0.1, 0.15) is 24.0 Å². The zero-order valence-electron chi connectivity index (χ0n) is 12.9. The topological polar surface area (TPSA) is 67.2 Å². The van der Waals surface area contributed by atoms with Crippen LogP contribution in [-0.4, -0.2) is 27.4 Å². The van der Waals surface area contributed by atoms with E-state index in [-0.39, 0.29) is 17.4 Å². The minimum absolute atomic E-state index is 0.00964. The molecule has 4 nitrogen and oxygen atoms in total. The number of benzene rings is 2. The fourth-order valence-electron chi connectivity index (χ4n) is 3.18. The van der Waals surface area contributed by atoms with Gasteiger partial charge in [-0.3, -0.25) is 0 Å². The number of nitrogens with zero attached hydrogens (tertiary/aromatic N) is 1. The fourth-order valence-corrected chi connectivity index (χ4v) is 5.00. The number of fused-ring (bicyclic) bond motifs is 1. The molecule has 1 saturated heterocycles. The molecule has 0 N–H and O–H groups in total. The first kappa shape index (κ1) is 16.0. The van der Waals surface area contributed by atoms with Crippen LogP contribution in [0.3, 0.4) is 0 Å². The molecule has 1 aliphatic heterocycles. The van der Waals surface area contributed by atoms with Crippen molar-refractivity contribution < 1.29 is 13.2 Å². The number of rotatable bonds is 4. The van der Waals surface area contributed by atoms with E-state index in [1.807, 2.05) is 24.3 Å². The Kier molecular flexibility index (Phi) is 4.65. The molecule has 0 spiro atoms. The van der Waals surface area contributed by atoms with Crippen LogP contribution in [0, 0.1) is 17.2 Å². The van der Waals surface area contributed by atoms with Crippen molar-refractivity contribution in [3.8, 4) is 6.07 Å². The Morgan fingerprint density at radius 2 is 1.96 bits per heavy atom. The smallest absolute Gasteiger partial charge is 0.154 e. The molecule has 3 rings (SSSR count). The van der Waals surface area contributed by atoms with E-state index >= 15 is 0 Å². The van der Waals surface area contributed by atoms with Crippen LogP contribution in [-0.2, 0) is 20.3 Å². The fraction of sp³-hybridized carbons (Fsp3) is 0.389. The first-order valence-corrected chi connectivity index (χ1v) is 9.60. The van der Waals surface area contributed by atoms with Gasteiger partial charge >= 0.3 is 0 Å². The molecule has 0 saturated carbocycles. The Labute approximate surface area is 136 Å². The molecule has 0 bridgehead atoms. The maximum atomic E-state index is 12.5. The van der Waals surface area contributed by atoms with Crippen molar-refractivity contribution in [1.82, 2.24) is 0 Å². The van der Waals surface area contributed by atoms with Crippen molar-refractivity contribution in [3.05, 3.63) is 47.5 Å². The monoisotopic (exact) mass is 329 g/mol. The highest BCUT2D eigenvalue weighted by Crippen LogP contribution is 2.25. The van der Waals surface area contributed by atoms with E-state index in [4.69, 9.17) is 4.74 Å². The summed E-state index contributed by atoms with van der Waals surface area (Å²) in [6.07, 6.45) is 1.84. The second-order valence-electron chi connectivity index (χ2n) is 6.07. The van der Waals surface area contributed by atoms with E-state index in [0.717, 1.165) is 35.8 Å². The normalized spacial score (nSPS) is 18.7. The predicted octanol–water partition coefficient (Wildman–Crippen LogP) is 3.05. The van der Waals surface area contributed by atoms with Crippen LogP contribution in [0.15, 0.2) is 36.4 Å². The molecule has 0 aromatic heterocycles. The van der Waals surface area contributed by atoms with Crippen molar-refractivity contribution in [3.63, 3.8) is 0 Å². The van der Waals surface area contributed by atoms with Gasteiger partial charge in [-0.25, -0.2) is 8.42 Å². The summed E-state index contributed by atoms with van der Waals surface area (Å²) in [4.78, 5) is 0. The summed E-state index contributed by atoms with van der Waals surface area (Å²) in [5, 5.41) is 10.8. The van der Waals surface area contributed by atoms with Crippen molar-refractivity contribution >= 4 is 20.6 Å². The summed E-state index contributed by atoms with van der Waals surface area (Å²) in [7, 11) is -3.21. The minimum Gasteiger partial charge on any atom is -0.381 e. The molecule has 0 amide bonds. The van der Waals surface area contributed by atoms with Gasteiger partial charge < -0.3 is 4.74 Å². The molecule has 1 atom stereocenters. The van der Waals surface area contributed by atoms with E-state index in [2.05, 4.69) is 6.07 Å². The zero-order chi connectivity index (χ0) is 16.3. The minimum atomic E-state index is -3.21. The first-order chi connectivity index (χ1) is 11.1. The SMILES string of the molecule is N#Cc1ccc(CS(=O)(=O)CC2CCCOC2)c2ccccc12. The average molecular weight is 329 g/mol. The summed E-state index contributed by atoms with van der Waals surface area (Å²) >= 11 is 0. The van der Waals surface area contributed by atoms with Gasteiger partial charge in [0.25, 0.3) is 0 Å². The highest BCUT2D eigenvalue weighted by atomic mass is 32.2. The number of ether oxygens (including phenoxy) is 1. The molecular weight excluding hydrogens is 310 g/mol. The van der Waals surface area contributed by atoms with Crippen molar-refractivity contribution in [1.29, 1.82) is 5.26 Å². The Bertz CT molecular complexity index is 846. The number of hydrogen-bond acceptors (Lipinski definition) is 4. The van der Waals surface area contributed by atoms with Crippen molar-refractivity contribution in [2.45, 2.75) is 18.6 Å². The highest BCUT2D eigenvalue weighted by molar-refractivity contribution is 7.90. The first-order valence-electron chi connectivity index (χ1n) is 7.78. The van der Waals surface area contributed by atoms with Gasteiger partial charge in [0.05, 0.1) is 29.7 Å². The zero-order valence-corrected chi connectivity index (χ0v) is 13.7. The van der Waals surface area contributed by atoms with E-state index in [0.29, 0.717) is 12.2 Å². The van der Waals surface area contributed by atoms with Crippen LogP contribution < -0.4 is 0 Å². The predicted molar refractivity (Wildman–Crippen MR) is 89.7 cm³/mol. The largest absolute Gasteiger partial charge is 0.381 e. The van der Waals surface area contributed by atoms with E-state index in [1.54, 1.807) is 12.1 Å². The lowest BCUT2D eigenvalue weighted by atomic mass is 10.0. The van der Waals surface area contributed by atoms with Gasteiger partial charge in [-0.15, -0.1) is 0 Å². The Morgan fingerprint density at radius 1 is 1.17 bits per heavy atom. The Hall–Kier alpha value is -1.90. The van der Waals surface area contributed by atoms with Gasteiger partial charge in [0.2, 0.25) is 0 Å². The van der Waals surface area contributed by atoms with Crippen LogP contribution in [0.2, 0.25) is 0 Å². The van der Waals surface area contributed by atoms with E-state index < -0.39 is 9.84 Å². The molecule has 1 heterocycles. The van der Waals surface area contributed by atoms with Crippen LogP contribution >= 0.6 is 0 Å². The molecule has 2 aromatic rings. The van der Waals surface area contributed by atoms with Crippen LogP contribution in [0.25, 0.3) is 10.8 Å². The lowest BCUT2D eigenvalue weighted by molar-refractivity contribution is 0.0626. The van der Waals surface area contributed by atoms with Crippen LogP contribution in [0.5, 0.6) is 0 Å². The van der Waals surface area contributed by atoms with Gasteiger partial charge in [0.15, 0.2) is 9.84 Å². The molecule has 1 aliphatic rings. The maximum Gasteiger partial charge on any atom is 0.154 e. The number of sulfone groups is 1. The summed E-state index contributed by atoms with van der Waals surface area (Å²) in [5.74, 6) is 0.273. The molecule has 0 radical (unpaired) electrons. The molecule has 120 valence electrons. The molecule has 0 aliphatic carbocycles. The van der Waals surface area contributed by atoms with Crippen molar-refractivity contribution in [2.75, 3.05) is 19.0 Å². The molecule has 23 heavy (non-hydrogen) atoms. The molecule has 1 unspecified atom stereocenters. The summed E-state index contributed by atoms with van der Waals surface area (Å²) in [5.41, 5.74) is 1.33. The Balaban J connectivity index is 1.87. The van der Waals surface area contributed by atoms with E-state index in [9.17, 15) is 13.7 Å². The lowest BCUT2D eigenvalue weighted by Gasteiger charge is -2.21. The quantitative estimate of drug-likeness (QED) is 0.864. The van der Waals surface area contributed by atoms with Gasteiger partial charge in [0.1, 0.15) is 0 Å². The van der Waals surface area contributed by atoms with Gasteiger partial charge in [-0.05, 0) is 41.2 Å². The van der Waals surface area contributed by atoms with Gasteiger partial charge in [-0.1, -0.05) is 30.3 Å². The standard InChI is InChI=1S/C18H19NO3S/c19-10-15-7-8-16(18-6-2-1-5-17(15)18)13-23(20,21)12-14-4-3-9-22-11-14/h1-2,5-8,14H,3-4,9,11-13H2. The molecular formula is C18H19NO3S. The molecule has 2 aromatic carbocycles. The third kappa shape index (κ3) is 3.72. The van der Waals surface area contributed by atoms with Gasteiger partial charge in [-0.2, -0.15) is 5.26 Å². The second-order valence-corrected chi connectivity index (χ2v) is 8.18. The van der Waals surface area contributed by atoms with E-state index in [1.165, 1.54) is 0 Å². The summed E-state index contributed by atoms with van der Waals surface area (Å²) < 4.78 is 30.5.